The zero-order chi connectivity index (χ0) is 14.1. The third kappa shape index (κ3) is 1.42. The van der Waals surface area contributed by atoms with Crippen LogP contribution in [0.5, 0.6) is 0 Å². The number of ether oxygens (including phenoxy) is 1. The van der Waals surface area contributed by atoms with Crippen LogP contribution in [0.1, 0.15) is 49.0 Å². The third-order valence-electron chi connectivity index (χ3n) is 5.45. The molecular weight excluding hydrogens is 270 g/mol. The van der Waals surface area contributed by atoms with Gasteiger partial charge in [-0.05, 0) is 32.6 Å². The van der Waals surface area contributed by atoms with Crippen molar-refractivity contribution in [3.63, 3.8) is 0 Å². The number of hydrogen-bond donors (Lipinski definition) is 1. The van der Waals surface area contributed by atoms with Crippen LogP contribution in [0.2, 0.25) is 0 Å². The van der Waals surface area contributed by atoms with Crippen molar-refractivity contribution in [2.45, 2.75) is 50.0 Å². The van der Waals surface area contributed by atoms with E-state index >= 15 is 0 Å². The molecule has 2 atom stereocenters. The van der Waals surface area contributed by atoms with Gasteiger partial charge in [-0.3, -0.25) is 5.10 Å². The van der Waals surface area contributed by atoms with Crippen molar-refractivity contribution in [3.05, 3.63) is 23.4 Å². The highest BCUT2D eigenvalue weighted by molar-refractivity contribution is 5.34. The van der Waals surface area contributed by atoms with Crippen molar-refractivity contribution in [2.24, 2.45) is 5.92 Å². The van der Waals surface area contributed by atoms with Gasteiger partial charge in [0, 0.05) is 5.92 Å². The van der Waals surface area contributed by atoms with E-state index in [4.69, 9.17) is 9.26 Å². The van der Waals surface area contributed by atoms with Crippen LogP contribution in [-0.4, -0.2) is 37.5 Å². The second-order valence-electron chi connectivity index (χ2n) is 6.56. The molecule has 3 fully saturated rings. The average Bonchev–Trinajstić information content (AvgIpc) is 2.83. The molecule has 1 spiro atoms. The molecule has 0 bridgehead atoms. The van der Waals surface area contributed by atoms with Crippen molar-refractivity contribution in [1.29, 1.82) is 0 Å². The number of aryl methyl sites for hydroxylation is 1. The molecule has 2 saturated carbocycles. The zero-order valence-electron chi connectivity index (χ0n) is 11.9. The molecule has 0 amide bonds. The highest BCUT2D eigenvalue weighted by Gasteiger charge is 2.77. The normalized spacial score (nSPS) is 32.1. The maximum atomic E-state index is 6.07. The lowest BCUT2D eigenvalue weighted by molar-refractivity contribution is -0.0960. The first-order valence-corrected chi connectivity index (χ1v) is 7.57. The van der Waals surface area contributed by atoms with E-state index in [1.165, 1.54) is 6.42 Å². The topological polar surface area (TPSA) is 89.7 Å². The fraction of sp³-hybridized carbons (Fsp3) is 0.714. The van der Waals surface area contributed by atoms with Crippen molar-refractivity contribution in [3.8, 4) is 0 Å². The summed E-state index contributed by atoms with van der Waals surface area (Å²) in [6.45, 7) is 2.72. The molecule has 7 heteroatoms. The summed E-state index contributed by atoms with van der Waals surface area (Å²) in [7, 11) is 0. The number of nitrogens with zero attached hydrogens (tertiary/aromatic N) is 4. The minimum atomic E-state index is -0.0113. The molecular formula is C14H17N5O2. The predicted octanol–water partition coefficient (Wildman–Crippen LogP) is 1.30. The van der Waals surface area contributed by atoms with Crippen molar-refractivity contribution < 1.29 is 9.26 Å². The summed E-state index contributed by atoms with van der Waals surface area (Å²) in [5.74, 6) is 3.49. The molecule has 1 aliphatic heterocycles. The van der Waals surface area contributed by atoms with Crippen LogP contribution >= 0.6 is 0 Å². The minimum Gasteiger partial charge on any atom is -0.374 e. The summed E-state index contributed by atoms with van der Waals surface area (Å²) < 4.78 is 11.7. The number of rotatable bonds is 3. The highest BCUT2D eigenvalue weighted by atomic mass is 16.5. The zero-order valence-corrected chi connectivity index (χ0v) is 11.9. The number of aromatic nitrogens is 5. The predicted molar refractivity (Wildman–Crippen MR) is 70.5 cm³/mol. The monoisotopic (exact) mass is 287 g/mol. The van der Waals surface area contributed by atoms with E-state index in [9.17, 15) is 0 Å². The summed E-state index contributed by atoms with van der Waals surface area (Å²) in [5.41, 5.74) is -0.00589. The van der Waals surface area contributed by atoms with Gasteiger partial charge in [-0.1, -0.05) is 5.16 Å². The number of hydrogen-bond acceptors (Lipinski definition) is 6. The Morgan fingerprint density at radius 3 is 2.86 bits per heavy atom. The second-order valence-corrected chi connectivity index (χ2v) is 6.56. The third-order valence-corrected chi connectivity index (χ3v) is 5.45. The average molecular weight is 287 g/mol. The Morgan fingerprint density at radius 2 is 2.19 bits per heavy atom. The Balaban J connectivity index is 1.44. The van der Waals surface area contributed by atoms with E-state index in [2.05, 4.69) is 25.3 Å². The van der Waals surface area contributed by atoms with E-state index in [-0.39, 0.29) is 11.0 Å². The van der Waals surface area contributed by atoms with Crippen LogP contribution in [0.4, 0.5) is 0 Å². The van der Waals surface area contributed by atoms with Gasteiger partial charge < -0.3 is 9.26 Å². The van der Waals surface area contributed by atoms with Crippen LogP contribution in [-0.2, 0) is 16.6 Å². The van der Waals surface area contributed by atoms with Crippen molar-refractivity contribution in [2.75, 3.05) is 6.61 Å². The van der Waals surface area contributed by atoms with Gasteiger partial charge in [0.2, 0.25) is 5.89 Å². The van der Waals surface area contributed by atoms with Crippen LogP contribution in [0, 0.1) is 12.8 Å². The van der Waals surface area contributed by atoms with E-state index in [1.807, 2.05) is 6.92 Å². The Bertz CT molecular complexity index is 704. The summed E-state index contributed by atoms with van der Waals surface area (Å²) >= 11 is 0. The van der Waals surface area contributed by atoms with Gasteiger partial charge in [0.05, 0.1) is 24.0 Å². The van der Waals surface area contributed by atoms with Gasteiger partial charge in [-0.25, -0.2) is 4.98 Å². The second kappa shape index (κ2) is 3.71. The molecule has 3 heterocycles. The van der Waals surface area contributed by atoms with Crippen LogP contribution < -0.4 is 0 Å². The smallest absolute Gasteiger partial charge is 0.236 e. The highest BCUT2D eigenvalue weighted by Crippen LogP contribution is 2.71. The van der Waals surface area contributed by atoms with Crippen molar-refractivity contribution in [1.82, 2.24) is 25.3 Å². The first-order chi connectivity index (χ1) is 10.2. The summed E-state index contributed by atoms with van der Waals surface area (Å²) in [5, 5.41) is 11.1. The summed E-state index contributed by atoms with van der Waals surface area (Å²) in [4.78, 5) is 8.92. The van der Waals surface area contributed by atoms with Crippen LogP contribution in [0.3, 0.4) is 0 Å². The van der Waals surface area contributed by atoms with Crippen LogP contribution in [0.15, 0.2) is 4.52 Å². The van der Waals surface area contributed by atoms with Gasteiger partial charge >= 0.3 is 0 Å². The Hall–Kier alpha value is -1.76. The molecule has 2 aliphatic carbocycles. The number of fused-ring (bicyclic) bond motifs is 2. The molecule has 1 saturated heterocycles. The molecule has 21 heavy (non-hydrogen) atoms. The number of nitrogens with one attached hydrogen (secondary N) is 1. The lowest BCUT2D eigenvalue weighted by Gasteiger charge is -2.43. The maximum Gasteiger partial charge on any atom is 0.236 e. The molecule has 2 aromatic heterocycles. The fourth-order valence-electron chi connectivity index (χ4n) is 4.14. The largest absolute Gasteiger partial charge is 0.374 e. The summed E-state index contributed by atoms with van der Waals surface area (Å²) in [6, 6.07) is 0. The molecule has 0 aromatic carbocycles. The molecule has 110 valence electrons. The first-order valence-electron chi connectivity index (χ1n) is 7.57. The first kappa shape index (κ1) is 11.9. The summed E-state index contributed by atoms with van der Waals surface area (Å²) in [6.07, 6.45) is 5.13. The Morgan fingerprint density at radius 1 is 1.29 bits per heavy atom. The van der Waals surface area contributed by atoms with E-state index in [0.717, 1.165) is 37.6 Å². The molecule has 3 aliphatic rings. The molecule has 2 aromatic rings. The van der Waals surface area contributed by atoms with E-state index in [1.54, 1.807) is 0 Å². The van der Waals surface area contributed by atoms with Crippen molar-refractivity contribution >= 4 is 0 Å². The maximum absolute atomic E-state index is 6.07. The van der Waals surface area contributed by atoms with E-state index in [0.29, 0.717) is 24.0 Å². The van der Waals surface area contributed by atoms with Gasteiger partial charge in [-0.15, -0.1) is 0 Å². The van der Waals surface area contributed by atoms with Gasteiger partial charge in [0.1, 0.15) is 5.82 Å². The minimum absolute atomic E-state index is 0.00538. The lowest BCUT2D eigenvalue weighted by Crippen LogP contribution is -2.48. The number of H-pyrrole nitrogens is 1. The molecule has 5 rings (SSSR count). The Kier molecular flexibility index (Phi) is 2.09. The molecule has 0 radical (unpaired) electrons. The fourth-order valence-corrected chi connectivity index (χ4v) is 4.14. The molecule has 1 N–H and O–H groups in total. The van der Waals surface area contributed by atoms with Crippen LogP contribution in [0.25, 0.3) is 0 Å². The number of aromatic amines is 1. The van der Waals surface area contributed by atoms with E-state index < -0.39 is 0 Å². The SMILES string of the molecule is Cc1nc(Cc2noc([C@]34C[C@H]3COC43CCC3)n2)n[nH]1. The Labute approximate surface area is 121 Å². The van der Waals surface area contributed by atoms with Gasteiger partial charge in [-0.2, -0.15) is 10.1 Å². The molecule has 0 unspecified atom stereocenters. The standard InChI is InChI=1S/C14H17N5O2/c1-8-15-10(18-17-8)5-11-16-12(21-19-11)14-6-9(14)7-20-13(14)3-2-4-13/h9H,2-7H2,1H3,(H,15,17,18)/t9-,14-/m0/s1. The van der Waals surface area contributed by atoms with Gasteiger partial charge in [0.25, 0.3) is 0 Å². The van der Waals surface area contributed by atoms with Gasteiger partial charge in [0.15, 0.2) is 11.6 Å². The quantitative estimate of drug-likeness (QED) is 0.915. The molecule has 7 nitrogen and oxygen atoms in total. The lowest BCUT2D eigenvalue weighted by atomic mass is 9.68.